The third kappa shape index (κ3) is 3.49. The van der Waals surface area contributed by atoms with Crippen LogP contribution in [0.2, 0.25) is 0 Å². The van der Waals surface area contributed by atoms with Crippen molar-refractivity contribution in [1.82, 2.24) is 5.32 Å². The fourth-order valence-corrected chi connectivity index (χ4v) is 3.59. The van der Waals surface area contributed by atoms with Gasteiger partial charge >= 0.3 is 0 Å². The third-order valence-electron chi connectivity index (χ3n) is 2.88. The quantitative estimate of drug-likeness (QED) is 0.886. The predicted molar refractivity (Wildman–Crippen MR) is 79.2 cm³/mol. The molecular weight excluding hydrogens is 248 g/mol. The van der Waals surface area contributed by atoms with Crippen LogP contribution >= 0.6 is 23.1 Å². The van der Waals surface area contributed by atoms with Crippen molar-refractivity contribution in [1.29, 1.82) is 0 Å². The van der Waals surface area contributed by atoms with Gasteiger partial charge in [0.25, 0.3) is 0 Å². The maximum Gasteiger partial charge on any atom is 0.156 e. The molecule has 0 amide bonds. The molecule has 1 aromatic rings. The molecule has 2 heterocycles. The first-order chi connectivity index (χ1) is 7.96. The first-order valence-corrected chi connectivity index (χ1v) is 7.73. The van der Waals surface area contributed by atoms with E-state index in [9.17, 15) is 0 Å². The van der Waals surface area contributed by atoms with Gasteiger partial charge in [-0.1, -0.05) is 25.6 Å². The summed E-state index contributed by atoms with van der Waals surface area (Å²) in [5, 5.41) is 4.54. The topological polar surface area (TPSA) is 24.4 Å². The smallest absolute Gasteiger partial charge is 0.156 e. The van der Waals surface area contributed by atoms with Gasteiger partial charge in [-0.2, -0.15) is 0 Å². The average molecular weight is 268 g/mol. The molecule has 0 fully saturated rings. The van der Waals surface area contributed by atoms with Gasteiger partial charge in [0.1, 0.15) is 0 Å². The average Bonchev–Trinajstić information content (AvgIpc) is 2.57. The Hall–Kier alpha value is -0.480. The molecule has 4 heteroatoms. The minimum absolute atomic E-state index is 0.353. The summed E-state index contributed by atoms with van der Waals surface area (Å²) in [5.74, 6) is 1.15. The summed E-state index contributed by atoms with van der Waals surface area (Å²) < 4.78 is 0. The van der Waals surface area contributed by atoms with Crippen LogP contribution in [0.4, 0.5) is 0 Å². The molecule has 1 N–H and O–H groups in total. The molecular formula is C13H20N2S2. The van der Waals surface area contributed by atoms with E-state index in [4.69, 9.17) is 0 Å². The van der Waals surface area contributed by atoms with Gasteiger partial charge in [-0.25, -0.2) is 0 Å². The zero-order valence-corrected chi connectivity index (χ0v) is 12.6. The van der Waals surface area contributed by atoms with Crippen molar-refractivity contribution in [3.8, 4) is 0 Å². The number of aliphatic imine (C=N–C) groups is 1. The SMILES string of the molecule is Cc1cc(CNC2=NCC(C)(C)CS2)sc1C. The summed E-state index contributed by atoms with van der Waals surface area (Å²) in [7, 11) is 0. The van der Waals surface area contributed by atoms with Gasteiger partial charge in [-0.05, 0) is 30.9 Å². The van der Waals surface area contributed by atoms with Crippen LogP contribution in [0.5, 0.6) is 0 Å². The monoisotopic (exact) mass is 268 g/mol. The van der Waals surface area contributed by atoms with E-state index in [2.05, 4.69) is 44.1 Å². The summed E-state index contributed by atoms with van der Waals surface area (Å²) in [5.41, 5.74) is 1.75. The lowest BCUT2D eigenvalue weighted by atomic mass is 9.97. The van der Waals surface area contributed by atoms with E-state index in [0.717, 1.165) is 24.0 Å². The normalized spacial score (nSPS) is 18.9. The third-order valence-corrected chi connectivity index (χ3v) is 5.51. The largest absolute Gasteiger partial charge is 0.360 e. The molecule has 2 nitrogen and oxygen atoms in total. The highest BCUT2D eigenvalue weighted by molar-refractivity contribution is 8.13. The van der Waals surface area contributed by atoms with E-state index < -0.39 is 0 Å². The number of hydrogen-bond donors (Lipinski definition) is 1. The second-order valence-electron chi connectivity index (χ2n) is 5.38. The number of nitrogens with one attached hydrogen (secondary N) is 1. The molecule has 17 heavy (non-hydrogen) atoms. The Kier molecular flexibility index (Phi) is 3.83. The second-order valence-corrected chi connectivity index (χ2v) is 7.68. The predicted octanol–water partition coefficient (Wildman–Crippen LogP) is 3.58. The van der Waals surface area contributed by atoms with Gasteiger partial charge in [-0.3, -0.25) is 4.99 Å². The first-order valence-electron chi connectivity index (χ1n) is 5.93. The zero-order valence-electron chi connectivity index (χ0n) is 11.0. The number of amidine groups is 1. The molecule has 0 radical (unpaired) electrons. The Labute approximate surface area is 112 Å². The maximum atomic E-state index is 4.60. The van der Waals surface area contributed by atoms with Gasteiger partial charge in [0, 0.05) is 22.1 Å². The summed E-state index contributed by atoms with van der Waals surface area (Å²) in [6.07, 6.45) is 0. The maximum absolute atomic E-state index is 4.60. The van der Waals surface area contributed by atoms with Crippen LogP contribution in [0.1, 0.15) is 29.2 Å². The molecule has 94 valence electrons. The molecule has 0 saturated heterocycles. The van der Waals surface area contributed by atoms with E-state index >= 15 is 0 Å². The number of aryl methyl sites for hydroxylation is 2. The Morgan fingerprint density at radius 3 is 2.71 bits per heavy atom. The molecule has 0 unspecified atom stereocenters. The Balaban J connectivity index is 1.89. The van der Waals surface area contributed by atoms with Crippen LogP contribution in [0.15, 0.2) is 11.1 Å². The minimum Gasteiger partial charge on any atom is -0.360 e. The molecule has 0 spiro atoms. The molecule has 0 atom stereocenters. The molecule has 2 rings (SSSR count). The van der Waals surface area contributed by atoms with Crippen molar-refractivity contribution >= 4 is 28.3 Å². The lowest BCUT2D eigenvalue weighted by Gasteiger charge is -2.27. The molecule has 0 bridgehead atoms. The Bertz CT molecular complexity index is 413. The van der Waals surface area contributed by atoms with Crippen molar-refractivity contribution in [2.75, 3.05) is 12.3 Å². The fraction of sp³-hybridized carbons (Fsp3) is 0.615. The van der Waals surface area contributed by atoms with Crippen molar-refractivity contribution in [3.63, 3.8) is 0 Å². The van der Waals surface area contributed by atoms with Crippen molar-refractivity contribution < 1.29 is 0 Å². The minimum atomic E-state index is 0.353. The molecule has 1 aliphatic heterocycles. The fourth-order valence-electron chi connectivity index (χ4n) is 1.65. The van der Waals surface area contributed by atoms with Crippen LogP contribution in [0.3, 0.4) is 0 Å². The number of nitrogens with zero attached hydrogens (tertiary/aromatic N) is 1. The van der Waals surface area contributed by atoms with Gasteiger partial charge in [0.15, 0.2) is 5.17 Å². The lowest BCUT2D eigenvalue weighted by Crippen LogP contribution is -2.30. The molecule has 1 aliphatic rings. The highest BCUT2D eigenvalue weighted by Crippen LogP contribution is 2.27. The zero-order chi connectivity index (χ0) is 12.5. The highest BCUT2D eigenvalue weighted by atomic mass is 32.2. The van der Waals surface area contributed by atoms with Crippen LogP contribution < -0.4 is 5.32 Å². The molecule has 0 aromatic carbocycles. The first kappa shape index (κ1) is 13.0. The van der Waals surface area contributed by atoms with E-state index in [-0.39, 0.29) is 0 Å². The van der Waals surface area contributed by atoms with Crippen molar-refractivity contribution in [3.05, 3.63) is 21.4 Å². The van der Waals surface area contributed by atoms with E-state index in [1.54, 1.807) is 0 Å². The van der Waals surface area contributed by atoms with Crippen LogP contribution in [-0.4, -0.2) is 17.5 Å². The number of hydrogen-bond acceptors (Lipinski definition) is 4. The van der Waals surface area contributed by atoms with E-state index in [1.165, 1.54) is 15.3 Å². The number of thiophene rings is 1. The Morgan fingerprint density at radius 1 is 1.41 bits per heavy atom. The van der Waals surface area contributed by atoms with Gasteiger partial charge in [0.2, 0.25) is 0 Å². The highest BCUT2D eigenvalue weighted by Gasteiger charge is 2.23. The van der Waals surface area contributed by atoms with Crippen LogP contribution in [0.25, 0.3) is 0 Å². The molecule has 0 saturated carbocycles. The summed E-state index contributed by atoms with van der Waals surface area (Å²) in [6, 6.07) is 2.27. The summed E-state index contributed by atoms with van der Waals surface area (Å²) in [6.45, 7) is 10.7. The molecule has 1 aromatic heterocycles. The molecule has 0 aliphatic carbocycles. The summed E-state index contributed by atoms with van der Waals surface area (Å²) in [4.78, 5) is 7.41. The lowest BCUT2D eigenvalue weighted by molar-refractivity contribution is 0.436. The Morgan fingerprint density at radius 2 is 2.18 bits per heavy atom. The van der Waals surface area contributed by atoms with Crippen molar-refractivity contribution in [2.24, 2.45) is 10.4 Å². The number of rotatable bonds is 2. The van der Waals surface area contributed by atoms with Crippen LogP contribution in [-0.2, 0) is 6.54 Å². The van der Waals surface area contributed by atoms with E-state index in [1.807, 2.05) is 23.1 Å². The number of thioether (sulfide) groups is 1. The van der Waals surface area contributed by atoms with Gasteiger partial charge in [0.05, 0.1) is 6.54 Å². The van der Waals surface area contributed by atoms with E-state index in [0.29, 0.717) is 5.41 Å². The summed E-state index contributed by atoms with van der Waals surface area (Å²) >= 11 is 3.72. The van der Waals surface area contributed by atoms with Crippen molar-refractivity contribution in [2.45, 2.75) is 34.2 Å². The second kappa shape index (κ2) is 5.02. The van der Waals surface area contributed by atoms with Gasteiger partial charge < -0.3 is 5.32 Å². The van der Waals surface area contributed by atoms with Gasteiger partial charge in [-0.15, -0.1) is 11.3 Å². The standard InChI is InChI=1S/C13H20N2S2/c1-9-5-11(17-10(9)2)6-14-12-15-7-13(3,4)8-16-12/h5H,6-8H2,1-4H3,(H,14,15). The van der Waals surface area contributed by atoms with Crippen LogP contribution in [0, 0.1) is 19.3 Å².